The number of hydrogen-bond acceptors (Lipinski definition) is 2. The third kappa shape index (κ3) is 3.40. The Balaban J connectivity index is 1.65. The van der Waals surface area contributed by atoms with Gasteiger partial charge in [0.15, 0.2) is 0 Å². The lowest BCUT2D eigenvalue weighted by atomic mass is 9.87. The van der Waals surface area contributed by atoms with Crippen LogP contribution in [-0.4, -0.2) is 17.5 Å². The van der Waals surface area contributed by atoms with Crippen molar-refractivity contribution in [3.05, 3.63) is 35.9 Å². The molecular formula is C18H27NS. The second kappa shape index (κ2) is 6.53. The van der Waals surface area contributed by atoms with E-state index in [2.05, 4.69) is 53.7 Å². The van der Waals surface area contributed by atoms with Crippen molar-refractivity contribution >= 4 is 11.8 Å². The van der Waals surface area contributed by atoms with Gasteiger partial charge in [-0.1, -0.05) is 49.6 Å². The van der Waals surface area contributed by atoms with Crippen molar-refractivity contribution in [1.29, 1.82) is 0 Å². The molecule has 0 aromatic heterocycles. The smallest absolute Gasteiger partial charge is 0.0349 e. The molecule has 1 atom stereocenters. The minimum atomic E-state index is 0.500. The van der Waals surface area contributed by atoms with Crippen molar-refractivity contribution < 1.29 is 0 Å². The van der Waals surface area contributed by atoms with E-state index in [0.29, 0.717) is 10.8 Å². The van der Waals surface area contributed by atoms with Gasteiger partial charge in [0.25, 0.3) is 0 Å². The van der Waals surface area contributed by atoms with E-state index in [-0.39, 0.29) is 0 Å². The maximum Gasteiger partial charge on any atom is 0.0349 e. The van der Waals surface area contributed by atoms with E-state index in [9.17, 15) is 0 Å². The average molecular weight is 289 g/mol. The van der Waals surface area contributed by atoms with Crippen LogP contribution in [0.15, 0.2) is 30.3 Å². The summed E-state index contributed by atoms with van der Waals surface area (Å²) in [5.74, 6) is 0.875. The van der Waals surface area contributed by atoms with Gasteiger partial charge in [0.05, 0.1) is 0 Å². The zero-order chi connectivity index (χ0) is 13.8. The maximum absolute atomic E-state index is 3.94. The van der Waals surface area contributed by atoms with Crippen molar-refractivity contribution in [3.8, 4) is 0 Å². The highest BCUT2D eigenvalue weighted by Gasteiger charge is 2.36. The fourth-order valence-electron chi connectivity index (χ4n) is 3.59. The highest BCUT2D eigenvalue weighted by molar-refractivity contribution is 8.00. The third-order valence-corrected chi connectivity index (χ3v) is 6.51. The first-order valence-corrected chi connectivity index (χ1v) is 9.39. The minimum absolute atomic E-state index is 0.500. The number of benzene rings is 1. The third-order valence-electron chi connectivity index (χ3n) is 5.09. The lowest BCUT2D eigenvalue weighted by Gasteiger charge is -2.37. The van der Waals surface area contributed by atoms with Gasteiger partial charge in [-0.3, -0.25) is 0 Å². The molecule has 0 spiro atoms. The molecule has 2 heteroatoms. The SMILES string of the molecule is CSC1(CNC(c2ccccc2)C2CC2)CCCCC1. The van der Waals surface area contributed by atoms with Crippen LogP contribution in [0.25, 0.3) is 0 Å². The molecule has 0 aliphatic heterocycles. The van der Waals surface area contributed by atoms with E-state index in [0.717, 1.165) is 5.92 Å². The Bertz CT molecular complexity index is 407. The summed E-state index contributed by atoms with van der Waals surface area (Å²) in [6.45, 7) is 1.18. The zero-order valence-corrected chi connectivity index (χ0v) is 13.4. The van der Waals surface area contributed by atoms with Crippen LogP contribution in [0.5, 0.6) is 0 Å². The molecule has 0 bridgehead atoms. The first-order chi connectivity index (χ1) is 9.83. The molecule has 0 amide bonds. The average Bonchev–Trinajstić information content (AvgIpc) is 3.34. The molecule has 1 unspecified atom stereocenters. The summed E-state index contributed by atoms with van der Waals surface area (Å²) < 4.78 is 0.500. The highest BCUT2D eigenvalue weighted by Crippen LogP contribution is 2.43. The van der Waals surface area contributed by atoms with Crippen molar-refractivity contribution in [2.75, 3.05) is 12.8 Å². The molecule has 20 heavy (non-hydrogen) atoms. The predicted molar refractivity (Wildman–Crippen MR) is 89.2 cm³/mol. The number of hydrogen-bond donors (Lipinski definition) is 1. The first-order valence-electron chi connectivity index (χ1n) is 8.16. The fraction of sp³-hybridized carbons (Fsp3) is 0.667. The molecule has 1 nitrogen and oxygen atoms in total. The van der Waals surface area contributed by atoms with Crippen molar-refractivity contribution in [2.45, 2.75) is 55.7 Å². The molecular weight excluding hydrogens is 262 g/mol. The molecule has 110 valence electrons. The highest BCUT2D eigenvalue weighted by atomic mass is 32.2. The molecule has 0 saturated heterocycles. The van der Waals surface area contributed by atoms with Crippen LogP contribution in [0.2, 0.25) is 0 Å². The van der Waals surface area contributed by atoms with Gasteiger partial charge in [-0.15, -0.1) is 0 Å². The van der Waals surface area contributed by atoms with Gasteiger partial charge in [0.1, 0.15) is 0 Å². The molecule has 2 saturated carbocycles. The summed E-state index contributed by atoms with van der Waals surface area (Å²) in [5, 5.41) is 3.94. The summed E-state index contributed by atoms with van der Waals surface area (Å²) in [4.78, 5) is 0. The summed E-state index contributed by atoms with van der Waals surface area (Å²) in [5.41, 5.74) is 1.49. The predicted octanol–water partition coefficient (Wildman–Crippen LogP) is 4.79. The normalized spacial score (nSPS) is 23.4. The summed E-state index contributed by atoms with van der Waals surface area (Å²) in [6, 6.07) is 11.7. The van der Waals surface area contributed by atoms with Crippen LogP contribution in [0.4, 0.5) is 0 Å². The van der Waals surface area contributed by atoms with Gasteiger partial charge >= 0.3 is 0 Å². The van der Waals surface area contributed by atoms with Crippen molar-refractivity contribution in [2.24, 2.45) is 5.92 Å². The lowest BCUT2D eigenvalue weighted by Crippen LogP contribution is -2.41. The van der Waals surface area contributed by atoms with E-state index in [1.54, 1.807) is 0 Å². The quantitative estimate of drug-likeness (QED) is 0.808. The van der Waals surface area contributed by atoms with Crippen LogP contribution in [0, 0.1) is 5.92 Å². The second-order valence-corrected chi connectivity index (χ2v) is 7.83. The van der Waals surface area contributed by atoms with Gasteiger partial charge in [-0.05, 0) is 43.4 Å². The Kier molecular flexibility index (Phi) is 4.72. The molecule has 1 N–H and O–H groups in total. The molecule has 0 radical (unpaired) electrons. The van der Waals surface area contributed by atoms with E-state index in [4.69, 9.17) is 0 Å². The van der Waals surface area contributed by atoms with Crippen LogP contribution >= 0.6 is 11.8 Å². The molecule has 2 aliphatic carbocycles. The van der Waals surface area contributed by atoms with E-state index < -0.39 is 0 Å². The van der Waals surface area contributed by atoms with Gasteiger partial charge in [0.2, 0.25) is 0 Å². The topological polar surface area (TPSA) is 12.0 Å². The molecule has 0 heterocycles. The minimum Gasteiger partial charge on any atom is -0.308 e. The second-order valence-electron chi connectivity index (χ2n) is 6.55. The largest absolute Gasteiger partial charge is 0.308 e. The monoisotopic (exact) mass is 289 g/mol. The van der Waals surface area contributed by atoms with Crippen molar-refractivity contribution in [1.82, 2.24) is 5.32 Å². The Hall–Kier alpha value is -0.470. The van der Waals surface area contributed by atoms with Crippen LogP contribution in [-0.2, 0) is 0 Å². The zero-order valence-electron chi connectivity index (χ0n) is 12.6. The van der Waals surface area contributed by atoms with Gasteiger partial charge in [0, 0.05) is 17.3 Å². The maximum atomic E-state index is 3.94. The Morgan fingerprint density at radius 2 is 1.85 bits per heavy atom. The molecule has 2 fully saturated rings. The van der Waals surface area contributed by atoms with Gasteiger partial charge < -0.3 is 5.32 Å². The fourth-order valence-corrected chi connectivity index (χ4v) is 4.52. The van der Waals surface area contributed by atoms with E-state index in [1.165, 1.54) is 57.1 Å². The Labute approximate surface area is 127 Å². The first kappa shape index (κ1) is 14.5. The lowest BCUT2D eigenvalue weighted by molar-refractivity contribution is 0.353. The number of thioether (sulfide) groups is 1. The summed E-state index contributed by atoms with van der Waals surface area (Å²) >= 11 is 2.10. The van der Waals surface area contributed by atoms with Gasteiger partial charge in [-0.25, -0.2) is 0 Å². The Morgan fingerprint density at radius 1 is 1.15 bits per heavy atom. The molecule has 3 rings (SSSR count). The van der Waals surface area contributed by atoms with E-state index in [1.807, 2.05) is 0 Å². The van der Waals surface area contributed by atoms with Crippen LogP contribution < -0.4 is 5.32 Å². The van der Waals surface area contributed by atoms with E-state index >= 15 is 0 Å². The van der Waals surface area contributed by atoms with Gasteiger partial charge in [-0.2, -0.15) is 11.8 Å². The summed E-state index contributed by atoms with van der Waals surface area (Å²) in [7, 11) is 0. The summed E-state index contributed by atoms with van der Waals surface area (Å²) in [6.07, 6.45) is 12.2. The molecule has 1 aromatic carbocycles. The molecule has 2 aliphatic rings. The molecule has 1 aromatic rings. The van der Waals surface area contributed by atoms with Crippen LogP contribution in [0.3, 0.4) is 0 Å². The standard InChI is InChI=1S/C18H27NS/c1-20-18(12-6-3-7-13-18)14-19-17(16-10-11-16)15-8-4-2-5-9-15/h2,4-5,8-9,16-17,19H,3,6-7,10-14H2,1H3. The number of nitrogens with one attached hydrogen (secondary N) is 1. The van der Waals surface area contributed by atoms with Crippen LogP contribution in [0.1, 0.15) is 56.6 Å². The number of rotatable bonds is 6. The Morgan fingerprint density at radius 3 is 2.45 bits per heavy atom. The van der Waals surface area contributed by atoms with Crippen molar-refractivity contribution in [3.63, 3.8) is 0 Å².